The lowest BCUT2D eigenvalue weighted by molar-refractivity contribution is -0.135. The van der Waals surface area contributed by atoms with Crippen LogP contribution in [0.2, 0.25) is 0 Å². The molecule has 3 aliphatic heterocycles. The van der Waals surface area contributed by atoms with E-state index in [4.69, 9.17) is 0 Å². The first-order chi connectivity index (χ1) is 19.9. The van der Waals surface area contributed by atoms with Crippen molar-refractivity contribution in [2.45, 2.75) is 84.1 Å². The standard InChI is InChI=1S/C33H48N6O2/c1-4-32(40)38-17-14-29-9-7-10-30(39(29)22-27-12-15-34-16-13-27)24-37(23-28-8-5-6-11-31(28)38)33(41)25-35-18-20-36(21-19-35)26(2)3/h5-6,8,11-13,15-16,26,29-30H,4,7,9-10,14,17-25H2,1-3H3. The minimum atomic E-state index is 0.144. The lowest BCUT2D eigenvalue weighted by atomic mass is 9.92. The van der Waals surface area contributed by atoms with Gasteiger partial charge in [-0.3, -0.25) is 29.3 Å². The van der Waals surface area contributed by atoms with Gasteiger partial charge >= 0.3 is 0 Å². The van der Waals surface area contributed by atoms with E-state index in [-0.39, 0.29) is 17.9 Å². The molecule has 222 valence electrons. The van der Waals surface area contributed by atoms with Crippen molar-refractivity contribution >= 4 is 17.5 Å². The summed E-state index contributed by atoms with van der Waals surface area (Å²) < 4.78 is 0. The Balaban J connectivity index is 1.44. The molecule has 41 heavy (non-hydrogen) atoms. The zero-order valence-corrected chi connectivity index (χ0v) is 25.3. The number of piperidine rings is 1. The fourth-order valence-electron chi connectivity index (χ4n) is 6.88. The van der Waals surface area contributed by atoms with Gasteiger partial charge < -0.3 is 9.80 Å². The number of anilines is 1. The SMILES string of the molecule is CCC(=O)N1CCC2CCCC(CN(C(=O)CN3CCN(C(C)C)CC3)Cc3ccccc31)N2Cc1ccncc1. The van der Waals surface area contributed by atoms with Crippen LogP contribution >= 0.6 is 0 Å². The van der Waals surface area contributed by atoms with Crippen molar-refractivity contribution in [3.8, 4) is 0 Å². The number of benzene rings is 1. The molecular weight excluding hydrogens is 512 g/mol. The van der Waals surface area contributed by atoms with Crippen molar-refractivity contribution in [2.75, 3.05) is 50.7 Å². The molecule has 2 fully saturated rings. The quantitative estimate of drug-likeness (QED) is 0.532. The third kappa shape index (κ3) is 7.34. The second-order valence-electron chi connectivity index (χ2n) is 12.3. The summed E-state index contributed by atoms with van der Waals surface area (Å²) >= 11 is 0. The van der Waals surface area contributed by atoms with Crippen LogP contribution < -0.4 is 4.90 Å². The van der Waals surface area contributed by atoms with Gasteiger partial charge in [0.2, 0.25) is 11.8 Å². The minimum Gasteiger partial charge on any atom is -0.336 e. The van der Waals surface area contributed by atoms with Crippen LogP contribution in [0, 0.1) is 0 Å². The molecule has 1 aromatic heterocycles. The van der Waals surface area contributed by atoms with Crippen molar-refractivity contribution in [2.24, 2.45) is 0 Å². The summed E-state index contributed by atoms with van der Waals surface area (Å²) in [5.41, 5.74) is 3.27. The molecule has 1 aromatic carbocycles. The van der Waals surface area contributed by atoms with Gasteiger partial charge in [-0.2, -0.15) is 0 Å². The Hall–Kier alpha value is -2.81. The van der Waals surface area contributed by atoms with Crippen LogP contribution in [0.3, 0.4) is 0 Å². The van der Waals surface area contributed by atoms with Crippen LogP contribution in [0.5, 0.6) is 0 Å². The fourth-order valence-corrected chi connectivity index (χ4v) is 6.88. The highest BCUT2D eigenvalue weighted by Gasteiger charge is 2.35. The van der Waals surface area contributed by atoms with Crippen molar-refractivity contribution in [1.82, 2.24) is 24.6 Å². The number of piperazine rings is 1. The molecule has 0 radical (unpaired) electrons. The second kappa shape index (κ2) is 13.9. The number of pyridine rings is 1. The van der Waals surface area contributed by atoms with Gasteiger partial charge in [-0.25, -0.2) is 0 Å². The number of fused-ring (bicyclic) bond motifs is 3. The molecule has 2 unspecified atom stereocenters. The molecule has 2 atom stereocenters. The van der Waals surface area contributed by atoms with E-state index in [0.29, 0.717) is 44.7 Å². The summed E-state index contributed by atoms with van der Waals surface area (Å²) in [5, 5.41) is 0. The van der Waals surface area contributed by atoms with Crippen molar-refractivity contribution in [1.29, 1.82) is 0 Å². The zero-order valence-electron chi connectivity index (χ0n) is 25.3. The molecular formula is C33H48N6O2. The third-order valence-electron chi connectivity index (χ3n) is 9.34. The van der Waals surface area contributed by atoms with Gasteiger partial charge in [0.1, 0.15) is 0 Å². The van der Waals surface area contributed by atoms with E-state index in [1.54, 1.807) is 0 Å². The number of carbonyl (C=O) groups excluding carboxylic acids is 2. The summed E-state index contributed by atoms with van der Waals surface area (Å²) in [5.74, 6) is 0.335. The highest BCUT2D eigenvalue weighted by Crippen LogP contribution is 2.32. The molecule has 2 saturated heterocycles. The number of para-hydroxylation sites is 1. The average molecular weight is 561 g/mol. The fraction of sp³-hybridized carbons (Fsp3) is 0.606. The maximum atomic E-state index is 14.1. The van der Waals surface area contributed by atoms with Gasteiger partial charge in [0, 0.05) is 95.0 Å². The van der Waals surface area contributed by atoms with Crippen molar-refractivity contribution < 1.29 is 9.59 Å². The van der Waals surface area contributed by atoms with Crippen LogP contribution in [0.1, 0.15) is 64.0 Å². The number of amides is 2. The molecule has 0 aliphatic carbocycles. The molecule has 8 nitrogen and oxygen atoms in total. The molecule has 2 aromatic rings. The molecule has 2 bridgehead atoms. The Morgan fingerprint density at radius 3 is 2.37 bits per heavy atom. The van der Waals surface area contributed by atoms with E-state index in [9.17, 15) is 9.59 Å². The molecule has 4 heterocycles. The van der Waals surface area contributed by atoms with Crippen LogP contribution in [-0.4, -0.2) is 100 Å². The largest absolute Gasteiger partial charge is 0.336 e. The molecule has 0 spiro atoms. The molecule has 3 aliphatic rings. The average Bonchev–Trinajstić information content (AvgIpc) is 3.00. The van der Waals surface area contributed by atoms with E-state index in [1.807, 2.05) is 36.4 Å². The summed E-state index contributed by atoms with van der Waals surface area (Å²) in [6.45, 7) is 13.5. The number of aromatic nitrogens is 1. The predicted octanol–water partition coefficient (Wildman–Crippen LogP) is 4.01. The van der Waals surface area contributed by atoms with E-state index in [0.717, 1.165) is 69.7 Å². The molecule has 5 rings (SSSR count). The highest BCUT2D eigenvalue weighted by atomic mass is 16.2. The van der Waals surface area contributed by atoms with Crippen LogP contribution in [0.4, 0.5) is 5.69 Å². The van der Waals surface area contributed by atoms with Gasteiger partial charge in [0.05, 0.1) is 6.54 Å². The Morgan fingerprint density at radius 1 is 0.902 bits per heavy atom. The normalized spacial score (nSPS) is 23.2. The predicted molar refractivity (Wildman–Crippen MR) is 163 cm³/mol. The number of hydrogen-bond donors (Lipinski definition) is 0. The number of nitrogens with zero attached hydrogens (tertiary/aromatic N) is 6. The molecule has 0 saturated carbocycles. The van der Waals surface area contributed by atoms with Crippen LogP contribution in [0.25, 0.3) is 0 Å². The van der Waals surface area contributed by atoms with E-state index in [1.165, 1.54) is 5.56 Å². The maximum Gasteiger partial charge on any atom is 0.237 e. The van der Waals surface area contributed by atoms with E-state index >= 15 is 0 Å². The molecule has 0 N–H and O–H groups in total. The summed E-state index contributed by atoms with van der Waals surface area (Å²) in [6.07, 6.45) is 8.47. The van der Waals surface area contributed by atoms with Gasteiger partial charge in [0.15, 0.2) is 0 Å². The number of hydrogen-bond acceptors (Lipinski definition) is 6. The van der Waals surface area contributed by atoms with Gasteiger partial charge in [0.25, 0.3) is 0 Å². The Morgan fingerprint density at radius 2 is 1.63 bits per heavy atom. The minimum absolute atomic E-state index is 0.144. The van der Waals surface area contributed by atoms with E-state index < -0.39 is 0 Å². The first-order valence-corrected chi connectivity index (χ1v) is 15.7. The third-order valence-corrected chi connectivity index (χ3v) is 9.34. The molecule has 8 heteroatoms. The highest BCUT2D eigenvalue weighted by molar-refractivity contribution is 5.94. The number of carbonyl (C=O) groups is 2. The lowest BCUT2D eigenvalue weighted by Crippen LogP contribution is -2.54. The smallest absolute Gasteiger partial charge is 0.237 e. The summed E-state index contributed by atoms with van der Waals surface area (Å²) in [7, 11) is 0. The van der Waals surface area contributed by atoms with Crippen molar-refractivity contribution in [3.05, 3.63) is 59.9 Å². The Kier molecular flexibility index (Phi) is 10.1. The zero-order chi connectivity index (χ0) is 28.8. The van der Waals surface area contributed by atoms with Gasteiger partial charge in [-0.05, 0) is 62.4 Å². The summed E-state index contributed by atoms with van der Waals surface area (Å²) in [6, 6.07) is 13.6. The maximum absolute atomic E-state index is 14.1. The Labute approximate surface area is 246 Å². The van der Waals surface area contributed by atoms with Gasteiger partial charge in [-0.15, -0.1) is 0 Å². The van der Waals surface area contributed by atoms with Crippen LogP contribution in [0.15, 0.2) is 48.8 Å². The van der Waals surface area contributed by atoms with Gasteiger partial charge in [-0.1, -0.05) is 31.5 Å². The summed E-state index contributed by atoms with van der Waals surface area (Å²) in [4.78, 5) is 43.1. The van der Waals surface area contributed by atoms with E-state index in [2.05, 4.69) is 62.7 Å². The van der Waals surface area contributed by atoms with Crippen molar-refractivity contribution in [3.63, 3.8) is 0 Å². The van der Waals surface area contributed by atoms with Crippen LogP contribution in [-0.2, 0) is 22.7 Å². The first-order valence-electron chi connectivity index (χ1n) is 15.7. The topological polar surface area (TPSA) is 63.2 Å². The number of rotatable bonds is 6. The monoisotopic (exact) mass is 560 g/mol. The Bertz CT molecular complexity index is 1150. The lowest BCUT2D eigenvalue weighted by Gasteiger charge is -2.44. The second-order valence-corrected chi connectivity index (χ2v) is 12.3. The molecule has 2 amide bonds. The first kappa shape index (κ1) is 29.7.